The Morgan fingerprint density at radius 1 is 0.660 bits per heavy atom. The summed E-state index contributed by atoms with van der Waals surface area (Å²) in [6.07, 6.45) is 3.78. The minimum atomic E-state index is 0. The van der Waals surface area contributed by atoms with Gasteiger partial charge in [0.05, 0.1) is 49.9 Å². The fourth-order valence-corrected chi connectivity index (χ4v) is 7.28. The van der Waals surface area contributed by atoms with Gasteiger partial charge in [0.2, 0.25) is 0 Å². The van der Waals surface area contributed by atoms with Crippen LogP contribution in [0.15, 0.2) is 132 Å². The fraction of sp³-hybridized carbons (Fsp3) is 0.0465. The first-order chi connectivity index (χ1) is 24.2. The first-order valence-corrected chi connectivity index (χ1v) is 16.3. The largest absolute Gasteiger partial charge is 0.500 e. The number of fused-ring (bicyclic) bond motifs is 11. The smallest absolute Gasteiger partial charge is 0.130 e. The van der Waals surface area contributed by atoms with Crippen molar-refractivity contribution in [1.29, 1.82) is 0 Å². The number of pyridine rings is 2. The van der Waals surface area contributed by atoms with Crippen LogP contribution in [0.2, 0.25) is 0 Å². The van der Waals surface area contributed by atoms with Crippen LogP contribution >= 0.6 is 0 Å². The monoisotopic (exact) mass is 822 g/mol. The average Bonchev–Trinajstić information content (AvgIpc) is 3.89. The van der Waals surface area contributed by atoms with Crippen molar-refractivity contribution in [2.45, 2.75) is 6.92 Å². The van der Waals surface area contributed by atoms with Crippen molar-refractivity contribution in [2.24, 2.45) is 7.05 Å². The van der Waals surface area contributed by atoms with Crippen molar-refractivity contribution in [3.63, 3.8) is 0 Å². The molecule has 0 aliphatic heterocycles. The van der Waals surface area contributed by atoms with Crippen LogP contribution in [0.4, 0.5) is 0 Å². The Kier molecular flexibility index (Phi) is 7.02. The number of hydrogen-bond acceptors (Lipinski definition) is 4. The van der Waals surface area contributed by atoms with Gasteiger partial charge in [-0.3, -0.25) is 9.97 Å². The standard InChI is InChI=1S/C31H17N4O.C12H10N.Ir/c1-34-24-12-5-3-10-22(24)33-31(34)21-9-6-8-17-18-13-14-25-26(30(18)36-29(17)21)20-15-16-32-27-19-7-2-4-11-23(19)35(25)28(20)27;1-10-7-8-12(13-9-10)11-5-3-2-4-6-11;/h2-8,10-16H,1H3;2-5,7-9H,1H3;/q2*-1;. The van der Waals surface area contributed by atoms with E-state index in [0.29, 0.717) is 0 Å². The van der Waals surface area contributed by atoms with E-state index in [1.807, 2.05) is 81.0 Å². The third kappa shape index (κ3) is 4.41. The second kappa shape index (κ2) is 11.6. The Balaban J connectivity index is 0.000000204. The van der Waals surface area contributed by atoms with E-state index in [4.69, 9.17) is 14.4 Å². The van der Waals surface area contributed by atoms with Gasteiger partial charge in [0.1, 0.15) is 5.58 Å². The summed E-state index contributed by atoms with van der Waals surface area (Å²) in [7, 11) is 2.05. The second-order valence-electron chi connectivity index (χ2n) is 12.4. The Bertz CT molecular complexity index is 3010. The van der Waals surface area contributed by atoms with E-state index in [2.05, 4.69) is 86.7 Å². The third-order valence-corrected chi connectivity index (χ3v) is 9.54. The quantitative estimate of drug-likeness (QED) is 0.163. The van der Waals surface area contributed by atoms with Crippen LogP contribution in [0.25, 0.3) is 93.8 Å². The molecule has 0 amide bonds. The van der Waals surface area contributed by atoms with Crippen LogP contribution in [-0.2, 0) is 27.2 Å². The molecule has 11 aromatic rings. The van der Waals surface area contributed by atoms with Crippen molar-refractivity contribution in [3.8, 4) is 22.6 Å². The van der Waals surface area contributed by atoms with Gasteiger partial charge < -0.3 is 18.4 Å². The third-order valence-electron chi connectivity index (χ3n) is 9.54. The molecule has 0 spiro atoms. The van der Waals surface area contributed by atoms with Gasteiger partial charge in [-0.05, 0) is 48.5 Å². The summed E-state index contributed by atoms with van der Waals surface area (Å²) >= 11 is 0. The predicted octanol–water partition coefficient (Wildman–Crippen LogP) is 10.3. The number of aryl methyl sites for hydroxylation is 2. The molecule has 11 rings (SSSR count). The van der Waals surface area contributed by atoms with Crippen LogP contribution in [0, 0.1) is 19.1 Å². The van der Waals surface area contributed by atoms with Gasteiger partial charge in [-0.1, -0.05) is 59.5 Å². The normalized spacial score (nSPS) is 11.6. The van der Waals surface area contributed by atoms with Crippen LogP contribution in [0.5, 0.6) is 0 Å². The average molecular weight is 822 g/mol. The molecule has 0 saturated carbocycles. The molecule has 1 radical (unpaired) electrons. The molecule has 6 heterocycles. The van der Waals surface area contributed by atoms with Crippen molar-refractivity contribution in [1.82, 2.24) is 23.9 Å². The molecule has 0 aliphatic carbocycles. The maximum atomic E-state index is 6.76. The summed E-state index contributed by atoms with van der Waals surface area (Å²) in [5, 5.41) is 5.61. The van der Waals surface area contributed by atoms with E-state index in [9.17, 15) is 0 Å². The van der Waals surface area contributed by atoms with E-state index in [-0.39, 0.29) is 20.1 Å². The molecule has 0 aliphatic rings. The number of aromatic nitrogens is 5. The molecule has 50 heavy (non-hydrogen) atoms. The van der Waals surface area contributed by atoms with Gasteiger partial charge in [-0.15, -0.1) is 54.1 Å². The Labute approximate surface area is 300 Å². The second-order valence-corrected chi connectivity index (χ2v) is 12.4. The van der Waals surface area contributed by atoms with Crippen LogP contribution < -0.4 is 0 Å². The van der Waals surface area contributed by atoms with E-state index < -0.39 is 0 Å². The SMILES string of the molecule is Cc1ccc(-c2[c-]cccc2)nc1.Cn1c(-c2[c-]ccc3c2oc2c3ccc3c2c2ccnc4c5ccccc5n3c24)nc2ccccc21.[Ir]. The minimum absolute atomic E-state index is 0. The number of rotatable bonds is 2. The van der Waals surface area contributed by atoms with Crippen molar-refractivity contribution < 1.29 is 24.5 Å². The predicted molar refractivity (Wildman–Crippen MR) is 198 cm³/mol. The molecule has 6 nitrogen and oxygen atoms in total. The molecule has 241 valence electrons. The molecule has 0 saturated heterocycles. The van der Waals surface area contributed by atoms with E-state index in [1.54, 1.807) is 0 Å². The van der Waals surface area contributed by atoms with Crippen LogP contribution in [0.1, 0.15) is 5.56 Å². The van der Waals surface area contributed by atoms with Gasteiger partial charge in [-0.25, -0.2) is 0 Å². The summed E-state index contributed by atoms with van der Waals surface area (Å²) < 4.78 is 11.2. The molecule has 0 atom stereocenters. The van der Waals surface area contributed by atoms with Gasteiger partial charge in [0.25, 0.3) is 0 Å². The van der Waals surface area contributed by atoms with Crippen LogP contribution in [-0.4, -0.2) is 23.9 Å². The zero-order valence-corrected chi connectivity index (χ0v) is 29.5. The van der Waals surface area contributed by atoms with Crippen molar-refractivity contribution >= 4 is 71.2 Å². The number of nitrogens with zero attached hydrogens (tertiary/aromatic N) is 5. The maximum Gasteiger partial charge on any atom is 0.130 e. The van der Waals surface area contributed by atoms with Gasteiger partial charge >= 0.3 is 0 Å². The number of benzene rings is 5. The molecule has 0 unspecified atom stereocenters. The molecular weight excluding hydrogens is 795 g/mol. The molecule has 5 aromatic carbocycles. The number of hydrogen-bond donors (Lipinski definition) is 0. The fourth-order valence-electron chi connectivity index (χ4n) is 7.28. The molecule has 0 N–H and O–H groups in total. The number of para-hydroxylation sites is 3. The molecule has 0 bridgehead atoms. The van der Waals surface area contributed by atoms with Crippen molar-refractivity contribution in [2.75, 3.05) is 0 Å². The zero-order valence-electron chi connectivity index (χ0n) is 27.1. The molecular formula is C43H27IrN5O-2. The van der Waals surface area contributed by atoms with E-state index >= 15 is 0 Å². The first kappa shape index (κ1) is 30.2. The summed E-state index contributed by atoms with van der Waals surface area (Å²) in [5.41, 5.74) is 12.3. The Morgan fingerprint density at radius 3 is 2.30 bits per heavy atom. The zero-order chi connectivity index (χ0) is 32.6. The Morgan fingerprint density at radius 2 is 1.48 bits per heavy atom. The number of furan rings is 1. The summed E-state index contributed by atoms with van der Waals surface area (Å²) in [6, 6.07) is 45.7. The minimum Gasteiger partial charge on any atom is -0.500 e. The summed E-state index contributed by atoms with van der Waals surface area (Å²) in [4.78, 5) is 14.0. The molecule has 0 fully saturated rings. The molecule has 6 aromatic heterocycles. The number of imidazole rings is 1. The van der Waals surface area contributed by atoms with Gasteiger partial charge in [-0.2, -0.15) is 0 Å². The van der Waals surface area contributed by atoms with Crippen LogP contribution in [0.3, 0.4) is 0 Å². The van der Waals surface area contributed by atoms with Crippen molar-refractivity contribution in [3.05, 3.63) is 145 Å². The maximum absolute atomic E-state index is 6.76. The summed E-state index contributed by atoms with van der Waals surface area (Å²) in [6.45, 7) is 2.03. The topological polar surface area (TPSA) is 61.2 Å². The van der Waals surface area contributed by atoms with E-state index in [1.165, 1.54) is 10.9 Å². The summed E-state index contributed by atoms with van der Waals surface area (Å²) in [5.74, 6) is 0.848. The van der Waals surface area contributed by atoms with E-state index in [0.717, 1.165) is 88.5 Å². The van der Waals surface area contributed by atoms with Gasteiger partial charge in [0, 0.05) is 55.7 Å². The molecule has 7 heteroatoms. The van der Waals surface area contributed by atoms with Gasteiger partial charge in [0.15, 0.2) is 0 Å². The first-order valence-electron chi connectivity index (χ1n) is 16.3. The Hall–Kier alpha value is -5.88.